The van der Waals surface area contributed by atoms with Crippen LogP contribution in [0.1, 0.15) is 5.56 Å². The fourth-order valence-electron chi connectivity index (χ4n) is 3.46. The lowest BCUT2D eigenvalue weighted by molar-refractivity contribution is -0.122. The van der Waals surface area contributed by atoms with E-state index in [0.717, 1.165) is 11.8 Å². The number of methoxy groups -OCH3 is 1. The highest BCUT2D eigenvalue weighted by molar-refractivity contribution is 8.26. The quantitative estimate of drug-likeness (QED) is 0.516. The van der Waals surface area contributed by atoms with Gasteiger partial charge in [0, 0.05) is 18.4 Å². The van der Waals surface area contributed by atoms with Gasteiger partial charge in [-0.1, -0.05) is 42.2 Å². The molecule has 3 amide bonds. The number of para-hydroxylation sites is 1. The number of ether oxygens (including phenoxy) is 1. The summed E-state index contributed by atoms with van der Waals surface area (Å²) in [7, 11) is 1.53. The highest BCUT2D eigenvalue weighted by Crippen LogP contribution is 2.44. The minimum absolute atomic E-state index is 0.229. The number of rotatable bonds is 6. The molecule has 0 radical (unpaired) electrons. The highest BCUT2D eigenvalue weighted by Gasteiger charge is 2.42. The van der Waals surface area contributed by atoms with Crippen molar-refractivity contribution in [3.63, 3.8) is 0 Å². The van der Waals surface area contributed by atoms with Crippen LogP contribution in [0, 0.1) is 5.82 Å². The Labute approximate surface area is 193 Å². The predicted molar refractivity (Wildman–Crippen MR) is 125 cm³/mol. The average molecular weight is 472 g/mol. The molecule has 0 saturated carbocycles. The summed E-state index contributed by atoms with van der Waals surface area (Å²) in [6, 6.07) is 12.3. The Hall–Kier alpha value is -3.08. The van der Waals surface area contributed by atoms with E-state index in [-0.39, 0.29) is 29.5 Å². The van der Waals surface area contributed by atoms with E-state index in [4.69, 9.17) is 17.0 Å². The predicted octanol–water partition coefficient (Wildman–Crippen LogP) is 3.03. The summed E-state index contributed by atoms with van der Waals surface area (Å²) in [6.45, 7) is 0.341. The fraction of sp³-hybridized carbons (Fsp3) is 0.182. The first kappa shape index (κ1) is 22.1. The first-order chi connectivity index (χ1) is 15.4. The maximum Gasteiger partial charge on any atom is 0.267 e. The fourth-order valence-corrected chi connectivity index (χ4v) is 4.84. The molecule has 2 aliphatic rings. The Kier molecular flexibility index (Phi) is 6.35. The normalized spacial score (nSPS) is 17.9. The van der Waals surface area contributed by atoms with Gasteiger partial charge in [-0.05, 0) is 30.3 Å². The Morgan fingerprint density at radius 3 is 2.53 bits per heavy atom. The van der Waals surface area contributed by atoms with Gasteiger partial charge in [-0.15, -0.1) is 0 Å². The molecule has 1 N–H and O–H groups in total. The van der Waals surface area contributed by atoms with Crippen molar-refractivity contribution in [3.8, 4) is 0 Å². The number of hydrogen-bond donors (Lipinski definition) is 1. The molecule has 0 aliphatic carbocycles. The van der Waals surface area contributed by atoms with Gasteiger partial charge in [-0.25, -0.2) is 4.39 Å². The standard InChI is InChI=1S/C22H18FN3O4S2/c1-30-11-10-25-21(29)19(32-22(25)31)18-15-4-2-3-5-16(15)26(20(18)28)12-17(27)24-14-8-6-13(23)7-9-14/h2-9H,10-12H2,1H3,(H,24,27). The van der Waals surface area contributed by atoms with Gasteiger partial charge in [0.1, 0.15) is 16.7 Å². The molecule has 0 unspecified atom stereocenters. The zero-order valence-corrected chi connectivity index (χ0v) is 18.6. The van der Waals surface area contributed by atoms with E-state index in [0.29, 0.717) is 27.9 Å². The average Bonchev–Trinajstić information content (AvgIpc) is 3.20. The molecule has 4 rings (SSSR count). The summed E-state index contributed by atoms with van der Waals surface area (Å²) in [5.41, 5.74) is 1.74. The lowest BCUT2D eigenvalue weighted by atomic mass is 10.1. The molecule has 2 heterocycles. The molecule has 2 aliphatic heterocycles. The minimum Gasteiger partial charge on any atom is -0.383 e. The number of nitrogens with zero attached hydrogens (tertiary/aromatic N) is 2. The smallest absolute Gasteiger partial charge is 0.267 e. The molecular weight excluding hydrogens is 453 g/mol. The molecule has 10 heteroatoms. The van der Waals surface area contributed by atoms with Gasteiger partial charge < -0.3 is 10.1 Å². The van der Waals surface area contributed by atoms with Crippen LogP contribution < -0.4 is 10.2 Å². The Morgan fingerprint density at radius 1 is 1.09 bits per heavy atom. The third-order valence-corrected chi connectivity index (χ3v) is 6.40. The highest BCUT2D eigenvalue weighted by atomic mass is 32.2. The van der Waals surface area contributed by atoms with Gasteiger partial charge in [0.05, 0.1) is 29.3 Å². The third kappa shape index (κ3) is 4.16. The van der Waals surface area contributed by atoms with Crippen molar-refractivity contribution in [3.05, 3.63) is 64.8 Å². The Balaban J connectivity index is 1.62. The Morgan fingerprint density at radius 2 is 1.81 bits per heavy atom. The van der Waals surface area contributed by atoms with Crippen LogP contribution >= 0.6 is 24.0 Å². The van der Waals surface area contributed by atoms with Crippen LogP contribution in [0.4, 0.5) is 15.8 Å². The number of carbonyl (C=O) groups excluding carboxylic acids is 3. The summed E-state index contributed by atoms with van der Waals surface area (Å²) >= 11 is 6.39. The number of halogens is 1. The zero-order chi connectivity index (χ0) is 22.8. The van der Waals surface area contributed by atoms with Crippen LogP contribution in [0.25, 0.3) is 5.57 Å². The van der Waals surface area contributed by atoms with E-state index in [1.165, 1.54) is 41.2 Å². The second-order valence-electron chi connectivity index (χ2n) is 6.99. The second kappa shape index (κ2) is 9.19. The summed E-state index contributed by atoms with van der Waals surface area (Å²) in [5, 5.41) is 2.65. The van der Waals surface area contributed by atoms with E-state index in [2.05, 4.69) is 5.32 Å². The minimum atomic E-state index is -0.451. The van der Waals surface area contributed by atoms with Crippen molar-refractivity contribution in [2.75, 3.05) is 37.0 Å². The third-order valence-electron chi connectivity index (χ3n) is 4.95. The number of anilines is 2. The second-order valence-corrected chi connectivity index (χ2v) is 8.63. The summed E-state index contributed by atoms with van der Waals surface area (Å²) in [5.74, 6) is -1.67. The van der Waals surface area contributed by atoms with Crippen molar-refractivity contribution >= 4 is 63.0 Å². The van der Waals surface area contributed by atoms with Crippen molar-refractivity contribution in [2.45, 2.75) is 0 Å². The van der Waals surface area contributed by atoms with E-state index in [1.807, 2.05) is 0 Å². The van der Waals surface area contributed by atoms with E-state index < -0.39 is 17.6 Å². The molecule has 1 saturated heterocycles. The van der Waals surface area contributed by atoms with Gasteiger partial charge >= 0.3 is 0 Å². The number of carbonyl (C=O) groups is 3. The number of thiocarbonyl (C=S) groups is 1. The summed E-state index contributed by atoms with van der Waals surface area (Å²) in [6.07, 6.45) is 0. The van der Waals surface area contributed by atoms with E-state index in [1.54, 1.807) is 24.3 Å². The Bertz CT molecular complexity index is 1150. The van der Waals surface area contributed by atoms with Gasteiger partial charge in [0.25, 0.3) is 11.8 Å². The van der Waals surface area contributed by atoms with Crippen molar-refractivity contribution < 1.29 is 23.5 Å². The molecular formula is C22H18FN3O4S2. The summed E-state index contributed by atoms with van der Waals surface area (Å²) < 4.78 is 18.5. The monoisotopic (exact) mass is 471 g/mol. The topological polar surface area (TPSA) is 79.0 Å². The molecule has 32 heavy (non-hydrogen) atoms. The molecule has 2 aromatic carbocycles. The van der Waals surface area contributed by atoms with Crippen LogP contribution in [0.5, 0.6) is 0 Å². The molecule has 0 spiro atoms. The van der Waals surface area contributed by atoms with Crippen molar-refractivity contribution in [1.82, 2.24) is 4.90 Å². The maximum atomic E-state index is 13.3. The van der Waals surface area contributed by atoms with Gasteiger partial charge in [0.2, 0.25) is 5.91 Å². The molecule has 2 aromatic rings. The van der Waals surface area contributed by atoms with Crippen LogP contribution in [0.15, 0.2) is 53.4 Å². The number of benzene rings is 2. The van der Waals surface area contributed by atoms with Crippen LogP contribution in [0.2, 0.25) is 0 Å². The summed E-state index contributed by atoms with van der Waals surface area (Å²) in [4.78, 5) is 41.9. The van der Waals surface area contributed by atoms with Crippen molar-refractivity contribution in [1.29, 1.82) is 0 Å². The largest absolute Gasteiger partial charge is 0.383 e. The zero-order valence-electron chi connectivity index (χ0n) is 17.0. The molecule has 0 aromatic heterocycles. The van der Waals surface area contributed by atoms with Gasteiger partial charge in [0.15, 0.2) is 0 Å². The number of nitrogens with one attached hydrogen (secondary N) is 1. The van der Waals surface area contributed by atoms with Gasteiger partial charge in [-0.2, -0.15) is 0 Å². The van der Waals surface area contributed by atoms with E-state index in [9.17, 15) is 18.8 Å². The van der Waals surface area contributed by atoms with Crippen molar-refractivity contribution in [2.24, 2.45) is 0 Å². The first-order valence-corrected chi connectivity index (χ1v) is 10.9. The lowest BCUT2D eigenvalue weighted by Gasteiger charge is -2.16. The molecule has 1 fully saturated rings. The lowest BCUT2D eigenvalue weighted by Crippen LogP contribution is -2.35. The number of hydrogen-bond acceptors (Lipinski definition) is 6. The molecule has 0 bridgehead atoms. The molecule has 164 valence electrons. The maximum absolute atomic E-state index is 13.3. The van der Waals surface area contributed by atoms with Crippen LogP contribution in [0.3, 0.4) is 0 Å². The van der Waals surface area contributed by atoms with Crippen LogP contribution in [-0.2, 0) is 19.1 Å². The molecule has 7 nitrogen and oxygen atoms in total. The first-order valence-electron chi connectivity index (χ1n) is 9.64. The number of fused-ring (bicyclic) bond motifs is 1. The van der Waals surface area contributed by atoms with Crippen LogP contribution in [-0.4, -0.2) is 53.7 Å². The SMILES string of the molecule is COCCN1C(=O)C(=C2C(=O)N(CC(=O)Nc3ccc(F)cc3)c3ccccc32)SC1=S. The molecule has 0 atom stereocenters. The number of thioether (sulfide) groups is 1. The number of amides is 3. The van der Waals surface area contributed by atoms with E-state index >= 15 is 0 Å². The van der Waals surface area contributed by atoms with Gasteiger partial charge in [-0.3, -0.25) is 24.2 Å².